The summed E-state index contributed by atoms with van der Waals surface area (Å²) in [6, 6.07) is 8.44. The smallest absolute Gasteiger partial charge is 0.0967 e. The maximum atomic E-state index is 10.8. The third-order valence-electron chi connectivity index (χ3n) is 5.00. The zero-order valence-electron chi connectivity index (χ0n) is 11.0. The summed E-state index contributed by atoms with van der Waals surface area (Å²) >= 11 is 0. The average Bonchev–Trinajstić information content (AvgIpc) is 2.26. The van der Waals surface area contributed by atoms with Crippen LogP contribution in [0.3, 0.4) is 0 Å². The monoisotopic (exact) mass is 230 g/mol. The summed E-state index contributed by atoms with van der Waals surface area (Å²) in [6.45, 7) is 6.98. The van der Waals surface area contributed by atoms with Crippen molar-refractivity contribution >= 4 is 0 Å². The van der Waals surface area contributed by atoms with Gasteiger partial charge in [-0.15, -0.1) is 0 Å². The first-order chi connectivity index (χ1) is 7.93. The van der Waals surface area contributed by atoms with Crippen molar-refractivity contribution in [2.75, 3.05) is 0 Å². The first-order valence-corrected chi connectivity index (χ1v) is 6.75. The van der Waals surface area contributed by atoms with E-state index in [1.54, 1.807) is 0 Å². The van der Waals surface area contributed by atoms with Gasteiger partial charge in [-0.2, -0.15) is 0 Å². The largest absolute Gasteiger partial charge is 0.385 e. The molecule has 1 unspecified atom stereocenters. The lowest BCUT2D eigenvalue weighted by Crippen LogP contribution is -2.49. The summed E-state index contributed by atoms with van der Waals surface area (Å²) in [7, 11) is 0. The van der Waals surface area contributed by atoms with Crippen molar-refractivity contribution in [2.45, 2.75) is 51.6 Å². The molecule has 3 atom stereocenters. The number of benzene rings is 1. The van der Waals surface area contributed by atoms with Gasteiger partial charge in [0.2, 0.25) is 0 Å². The molecule has 0 aromatic heterocycles. The summed E-state index contributed by atoms with van der Waals surface area (Å²) in [5, 5.41) is 10.8. The van der Waals surface area contributed by atoms with E-state index in [1.165, 1.54) is 11.1 Å². The summed E-state index contributed by atoms with van der Waals surface area (Å²) in [5.74, 6) is 1.12. The Morgan fingerprint density at radius 2 is 1.94 bits per heavy atom. The first kappa shape index (κ1) is 11.3. The fourth-order valence-corrected chi connectivity index (χ4v) is 3.78. The minimum atomic E-state index is -0.502. The first-order valence-electron chi connectivity index (χ1n) is 6.75. The fraction of sp³-hybridized carbons (Fsp3) is 0.625. The molecule has 0 amide bonds. The minimum absolute atomic E-state index is 0.367. The second kappa shape index (κ2) is 3.35. The van der Waals surface area contributed by atoms with Gasteiger partial charge in [0.15, 0.2) is 0 Å². The van der Waals surface area contributed by atoms with Gasteiger partial charge in [0.25, 0.3) is 0 Å². The number of rotatable bonds is 0. The molecule has 1 N–H and O–H groups in total. The number of hydrogen-bond acceptors (Lipinski definition) is 1. The highest BCUT2D eigenvalue weighted by atomic mass is 16.3. The molecule has 0 spiro atoms. The summed E-state index contributed by atoms with van der Waals surface area (Å²) in [6.07, 6.45) is 3.25. The van der Waals surface area contributed by atoms with Crippen molar-refractivity contribution in [3.63, 3.8) is 0 Å². The zero-order chi connectivity index (χ0) is 12.3. The highest BCUT2D eigenvalue weighted by Gasteiger charge is 2.54. The van der Waals surface area contributed by atoms with E-state index in [2.05, 4.69) is 39.0 Å². The molecule has 1 aromatic rings. The summed E-state index contributed by atoms with van der Waals surface area (Å²) in [4.78, 5) is 0. The van der Waals surface area contributed by atoms with Crippen molar-refractivity contribution in [2.24, 2.45) is 11.3 Å². The number of hydrogen-bond donors (Lipinski definition) is 1. The lowest BCUT2D eigenvalue weighted by molar-refractivity contribution is -0.0753. The molecule has 0 heterocycles. The van der Waals surface area contributed by atoms with E-state index in [0.29, 0.717) is 11.3 Å². The molecule has 0 bridgehead atoms. The third kappa shape index (κ3) is 1.48. The molecule has 0 radical (unpaired) electrons. The number of fused-ring (bicyclic) bond motifs is 4. The molecule has 1 nitrogen and oxygen atoms in total. The SMILES string of the molecule is CC(C)(C)C1CC[C@]2(O)c3ccccc3[C@@H]2C1. The minimum Gasteiger partial charge on any atom is -0.385 e. The molecule has 2 aliphatic rings. The molecule has 0 aliphatic heterocycles. The van der Waals surface area contributed by atoms with E-state index in [-0.39, 0.29) is 0 Å². The molecule has 1 heteroatoms. The lowest BCUT2D eigenvalue weighted by atomic mass is 9.53. The third-order valence-corrected chi connectivity index (χ3v) is 5.00. The van der Waals surface area contributed by atoms with E-state index in [9.17, 15) is 5.11 Å². The molecule has 17 heavy (non-hydrogen) atoms. The van der Waals surface area contributed by atoms with E-state index < -0.39 is 5.60 Å². The van der Waals surface area contributed by atoms with Crippen molar-refractivity contribution < 1.29 is 5.11 Å². The van der Waals surface area contributed by atoms with Crippen LogP contribution in [-0.2, 0) is 5.60 Å². The van der Waals surface area contributed by atoms with Crippen molar-refractivity contribution in [3.8, 4) is 0 Å². The van der Waals surface area contributed by atoms with Crippen LogP contribution in [0.2, 0.25) is 0 Å². The molecular weight excluding hydrogens is 208 g/mol. The van der Waals surface area contributed by atoms with Crippen LogP contribution in [0.5, 0.6) is 0 Å². The molecule has 1 fully saturated rings. The van der Waals surface area contributed by atoms with Crippen LogP contribution in [0.15, 0.2) is 24.3 Å². The quantitative estimate of drug-likeness (QED) is 0.718. The van der Waals surface area contributed by atoms with Crippen LogP contribution >= 0.6 is 0 Å². The Morgan fingerprint density at radius 1 is 1.24 bits per heavy atom. The van der Waals surface area contributed by atoms with Crippen LogP contribution in [0.1, 0.15) is 57.1 Å². The van der Waals surface area contributed by atoms with Gasteiger partial charge < -0.3 is 5.11 Å². The van der Waals surface area contributed by atoms with Gasteiger partial charge in [0, 0.05) is 5.92 Å². The Labute approximate surface area is 104 Å². The Morgan fingerprint density at radius 3 is 2.65 bits per heavy atom. The molecule has 92 valence electrons. The fourth-order valence-electron chi connectivity index (χ4n) is 3.78. The maximum Gasteiger partial charge on any atom is 0.0967 e. The second-order valence-electron chi connectivity index (χ2n) is 6.90. The summed E-state index contributed by atoms with van der Waals surface area (Å²) in [5.41, 5.74) is 2.45. The van der Waals surface area contributed by atoms with Gasteiger partial charge in [0.1, 0.15) is 0 Å². The van der Waals surface area contributed by atoms with Gasteiger partial charge >= 0.3 is 0 Å². The van der Waals surface area contributed by atoms with Crippen molar-refractivity contribution in [1.82, 2.24) is 0 Å². The highest BCUT2D eigenvalue weighted by Crippen LogP contribution is 2.60. The van der Waals surface area contributed by atoms with Gasteiger partial charge in [-0.1, -0.05) is 45.0 Å². The van der Waals surface area contributed by atoms with Crippen LogP contribution in [0, 0.1) is 11.3 Å². The normalized spacial score (nSPS) is 35.8. The molecule has 0 saturated heterocycles. The molecule has 1 aromatic carbocycles. The molecule has 2 aliphatic carbocycles. The van der Waals surface area contributed by atoms with Crippen molar-refractivity contribution in [3.05, 3.63) is 35.4 Å². The Balaban J connectivity index is 1.92. The zero-order valence-corrected chi connectivity index (χ0v) is 11.0. The van der Waals surface area contributed by atoms with E-state index in [4.69, 9.17) is 0 Å². The standard InChI is InChI=1S/C16H22O/c1-15(2,3)11-8-9-16(17)13-7-5-4-6-12(13)14(16)10-11/h4-7,11,14,17H,8-10H2,1-3H3/t11?,14-,16-/m0/s1. The lowest BCUT2D eigenvalue weighted by Gasteiger charge is -2.54. The van der Waals surface area contributed by atoms with Gasteiger partial charge in [-0.05, 0) is 41.7 Å². The van der Waals surface area contributed by atoms with Crippen LogP contribution < -0.4 is 0 Å². The van der Waals surface area contributed by atoms with E-state index in [1.807, 2.05) is 6.07 Å². The van der Waals surface area contributed by atoms with Gasteiger partial charge in [0.05, 0.1) is 5.60 Å². The van der Waals surface area contributed by atoms with Crippen LogP contribution in [-0.4, -0.2) is 5.11 Å². The predicted octanol–water partition coefficient (Wildman–Crippen LogP) is 3.82. The van der Waals surface area contributed by atoms with Gasteiger partial charge in [-0.25, -0.2) is 0 Å². The van der Waals surface area contributed by atoms with E-state index >= 15 is 0 Å². The molecular formula is C16H22O. The van der Waals surface area contributed by atoms with Crippen LogP contribution in [0.25, 0.3) is 0 Å². The molecule has 1 saturated carbocycles. The summed E-state index contributed by atoms with van der Waals surface area (Å²) < 4.78 is 0. The number of aliphatic hydroxyl groups is 1. The molecule has 3 rings (SSSR count). The predicted molar refractivity (Wildman–Crippen MR) is 69.9 cm³/mol. The second-order valence-corrected chi connectivity index (χ2v) is 6.90. The average molecular weight is 230 g/mol. The highest BCUT2D eigenvalue weighted by molar-refractivity contribution is 5.48. The Bertz CT molecular complexity index is 443. The van der Waals surface area contributed by atoms with E-state index in [0.717, 1.165) is 25.2 Å². The maximum absolute atomic E-state index is 10.8. The van der Waals surface area contributed by atoms with Crippen LogP contribution in [0.4, 0.5) is 0 Å². The van der Waals surface area contributed by atoms with Crippen molar-refractivity contribution in [1.29, 1.82) is 0 Å². The Hall–Kier alpha value is -0.820. The Kier molecular flexibility index (Phi) is 2.22. The van der Waals surface area contributed by atoms with Gasteiger partial charge in [-0.3, -0.25) is 0 Å². The topological polar surface area (TPSA) is 20.2 Å².